The number of benzene rings is 2. The molecule has 2 aromatic heterocycles. The van der Waals surface area contributed by atoms with Gasteiger partial charge in [-0.15, -0.1) is 11.3 Å². The Hall–Kier alpha value is -4.02. The van der Waals surface area contributed by atoms with E-state index in [0.29, 0.717) is 15.1 Å². The van der Waals surface area contributed by atoms with Gasteiger partial charge in [0, 0.05) is 10.4 Å². The first-order chi connectivity index (χ1) is 18.0. The number of fused-ring (bicyclic) bond motifs is 3. The van der Waals surface area contributed by atoms with Crippen LogP contribution in [0.25, 0.3) is 11.8 Å². The van der Waals surface area contributed by atoms with E-state index in [9.17, 15) is 14.9 Å². The second-order valence-electron chi connectivity index (χ2n) is 8.65. The summed E-state index contributed by atoms with van der Waals surface area (Å²) in [7, 11) is 2.88. The maximum Gasteiger partial charge on any atom is 0.280 e. The molecule has 0 spiro atoms. The Morgan fingerprint density at radius 1 is 1.11 bits per heavy atom. The Morgan fingerprint density at radius 3 is 2.62 bits per heavy atom. The van der Waals surface area contributed by atoms with Crippen molar-refractivity contribution in [1.29, 1.82) is 0 Å². The Balaban J connectivity index is 1.61. The van der Waals surface area contributed by atoms with Crippen molar-refractivity contribution in [3.05, 3.63) is 111 Å². The first kappa shape index (κ1) is 23.4. The third kappa shape index (κ3) is 3.80. The van der Waals surface area contributed by atoms with Crippen molar-refractivity contribution in [2.45, 2.75) is 18.9 Å². The number of thiazole rings is 1. The standard InChI is InChI=1S/C27H21N3O5S2/c1-34-20-12-16(19(30(32)33)14-21(20)35-2)13-23-26(31)29-25(22-8-5-11-36-22)18-10-9-15-6-3-4-7-17(15)24(18)28-27(29)37-23/h3-8,11-14,25H,9-10H2,1-2H3. The maximum absolute atomic E-state index is 13.8. The largest absolute Gasteiger partial charge is 0.493 e. The van der Waals surface area contributed by atoms with Gasteiger partial charge in [0.05, 0.1) is 47.0 Å². The van der Waals surface area contributed by atoms with E-state index in [-0.39, 0.29) is 28.6 Å². The Kier molecular flexibility index (Phi) is 5.77. The highest BCUT2D eigenvalue weighted by molar-refractivity contribution is 7.10. The van der Waals surface area contributed by atoms with Crippen LogP contribution in [0.3, 0.4) is 0 Å². The molecule has 10 heteroatoms. The normalized spacial score (nSPS) is 16.5. The van der Waals surface area contributed by atoms with Gasteiger partial charge >= 0.3 is 0 Å². The molecule has 4 aromatic rings. The Labute approximate surface area is 219 Å². The van der Waals surface area contributed by atoms with Gasteiger partial charge in [-0.05, 0) is 47.6 Å². The molecule has 1 atom stereocenters. The molecule has 1 aliphatic heterocycles. The van der Waals surface area contributed by atoms with E-state index in [1.807, 2.05) is 29.6 Å². The Bertz CT molecular complexity index is 1770. The highest BCUT2D eigenvalue weighted by Crippen LogP contribution is 2.42. The fraction of sp³-hybridized carbons (Fsp3) is 0.185. The second-order valence-corrected chi connectivity index (χ2v) is 10.6. The summed E-state index contributed by atoms with van der Waals surface area (Å²) in [4.78, 5) is 31.8. The first-order valence-electron chi connectivity index (χ1n) is 11.6. The summed E-state index contributed by atoms with van der Waals surface area (Å²) in [5.74, 6) is 0.590. The summed E-state index contributed by atoms with van der Waals surface area (Å²) in [6, 6.07) is 14.9. The molecule has 3 heterocycles. The van der Waals surface area contributed by atoms with Crippen molar-refractivity contribution in [2.75, 3.05) is 14.2 Å². The topological polar surface area (TPSA) is 96.0 Å². The van der Waals surface area contributed by atoms with Gasteiger partial charge in [0.15, 0.2) is 16.3 Å². The van der Waals surface area contributed by atoms with Crippen LogP contribution in [0.15, 0.2) is 69.3 Å². The summed E-state index contributed by atoms with van der Waals surface area (Å²) < 4.78 is 12.7. The minimum Gasteiger partial charge on any atom is -0.493 e. The van der Waals surface area contributed by atoms with Crippen LogP contribution in [0.1, 0.15) is 34.0 Å². The van der Waals surface area contributed by atoms with Crippen molar-refractivity contribution >= 4 is 40.1 Å². The van der Waals surface area contributed by atoms with E-state index < -0.39 is 4.92 Å². The molecule has 186 valence electrons. The summed E-state index contributed by atoms with van der Waals surface area (Å²) in [5, 5.41) is 13.8. The van der Waals surface area contributed by atoms with Crippen LogP contribution in [-0.2, 0) is 6.42 Å². The zero-order valence-corrected chi connectivity index (χ0v) is 21.6. The molecule has 1 unspecified atom stereocenters. The molecule has 2 aromatic carbocycles. The first-order valence-corrected chi connectivity index (χ1v) is 13.3. The number of aromatic nitrogens is 1. The number of nitro groups is 1. The van der Waals surface area contributed by atoms with Crippen molar-refractivity contribution in [1.82, 2.24) is 4.57 Å². The number of nitro benzene ring substituents is 1. The average molecular weight is 532 g/mol. The van der Waals surface area contributed by atoms with Gasteiger partial charge in [-0.2, -0.15) is 0 Å². The van der Waals surface area contributed by atoms with E-state index in [1.54, 1.807) is 22.0 Å². The molecule has 8 nitrogen and oxygen atoms in total. The van der Waals surface area contributed by atoms with Gasteiger partial charge in [0.1, 0.15) is 0 Å². The molecular weight excluding hydrogens is 510 g/mol. The summed E-state index contributed by atoms with van der Waals surface area (Å²) in [5.41, 5.74) is 4.24. The van der Waals surface area contributed by atoms with E-state index in [2.05, 4.69) is 12.1 Å². The molecule has 0 bridgehead atoms. The fourth-order valence-electron chi connectivity index (χ4n) is 5.02. The van der Waals surface area contributed by atoms with Gasteiger partial charge in [-0.25, -0.2) is 4.99 Å². The minimum absolute atomic E-state index is 0.175. The number of methoxy groups -OCH3 is 2. The third-order valence-corrected chi connectivity index (χ3v) is 8.61. The molecule has 0 radical (unpaired) electrons. The average Bonchev–Trinajstić information content (AvgIpc) is 3.55. The molecule has 0 fully saturated rings. The van der Waals surface area contributed by atoms with Crippen molar-refractivity contribution in [3.8, 4) is 11.5 Å². The lowest BCUT2D eigenvalue weighted by atomic mass is 9.85. The number of rotatable bonds is 5. The predicted molar refractivity (Wildman–Crippen MR) is 143 cm³/mol. The van der Waals surface area contributed by atoms with Gasteiger partial charge in [0.2, 0.25) is 0 Å². The van der Waals surface area contributed by atoms with Crippen LogP contribution in [0.4, 0.5) is 5.69 Å². The summed E-state index contributed by atoms with van der Waals surface area (Å²) in [6.45, 7) is 0. The molecular formula is C27H21N3O5S2. The second kappa shape index (κ2) is 9.13. The third-order valence-electron chi connectivity index (χ3n) is 6.70. The lowest BCUT2D eigenvalue weighted by Gasteiger charge is -2.30. The number of ether oxygens (including phenoxy) is 2. The monoisotopic (exact) mass is 531 g/mol. The van der Waals surface area contributed by atoms with Crippen molar-refractivity contribution < 1.29 is 14.4 Å². The quantitative estimate of drug-likeness (QED) is 0.283. The van der Waals surface area contributed by atoms with Crippen LogP contribution in [0.5, 0.6) is 11.5 Å². The number of aryl methyl sites for hydroxylation is 1. The van der Waals surface area contributed by atoms with Crippen molar-refractivity contribution in [2.24, 2.45) is 4.99 Å². The van der Waals surface area contributed by atoms with Crippen LogP contribution in [-0.4, -0.2) is 23.7 Å². The van der Waals surface area contributed by atoms with Gasteiger partial charge in [0.25, 0.3) is 11.2 Å². The SMILES string of the molecule is COc1cc(C=c2sc3n(c2=O)C(c2cccs2)C2=C(N=3)c3ccccc3CC2)c([N+](=O)[O-])cc1OC. The molecule has 37 heavy (non-hydrogen) atoms. The van der Waals surface area contributed by atoms with Crippen LogP contribution in [0, 0.1) is 10.1 Å². The van der Waals surface area contributed by atoms with Crippen LogP contribution >= 0.6 is 22.7 Å². The van der Waals surface area contributed by atoms with E-state index in [0.717, 1.165) is 34.6 Å². The van der Waals surface area contributed by atoms with Gasteiger partial charge in [-0.3, -0.25) is 19.5 Å². The molecule has 1 aliphatic carbocycles. The van der Waals surface area contributed by atoms with E-state index in [4.69, 9.17) is 14.5 Å². The number of thiophene rings is 1. The number of hydrogen-bond donors (Lipinski definition) is 0. The highest BCUT2D eigenvalue weighted by atomic mass is 32.1. The lowest BCUT2D eigenvalue weighted by Crippen LogP contribution is -2.38. The molecule has 0 saturated heterocycles. The zero-order chi connectivity index (χ0) is 25.7. The lowest BCUT2D eigenvalue weighted by molar-refractivity contribution is -0.385. The predicted octanol–water partition coefficient (Wildman–Crippen LogP) is 4.31. The summed E-state index contributed by atoms with van der Waals surface area (Å²) >= 11 is 2.84. The number of hydrogen-bond acceptors (Lipinski definition) is 8. The minimum atomic E-state index is -0.491. The van der Waals surface area contributed by atoms with E-state index >= 15 is 0 Å². The molecule has 0 saturated carbocycles. The van der Waals surface area contributed by atoms with Gasteiger partial charge < -0.3 is 9.47 Å². The van der Waals surface area contributed by atoms with Gasteiger partial charge in [-0.1, -0.05) is 41.7 Å². The smallest absolute Gasteiger partial charge is 0.280 e. The Morgan fingerprint density at radius 2 is 1.89 bits per heavy atom. The summed E-state index contributed by atoms with van der Waals surface area (Å²) in [6.07, 6.45) is 3.24. The molecule has 0 N–H and O–H groups in total. The van der Waals surface area contributed by atoms with Crippen LogP contribution < -0.4 is 24.4 Å². The molecule has 2 aliphatic rings. The van der Waals surface area contributed by atoms with Crippen molar-refractivity contribution in [3.63, 3.8) is 0 Å². The fourth-order valence-corrected chi connectivity index (χ4v) is 6.86. The number of allylic oxidation sites excluding steroid dienone is 1. The van der Waals surface area contributed by atoms with Crippen LogP contribution in [0.2, 0.25) is 0 Å². The molecule has 0 amide bonds. The number of nitrogens with zero attached hydrogens (tertiary/aromatic N) is 3. The molecule has 6 rings (SSSR count). The zero-order valence-electron chi connectivity index (χ0n) is 20.0. The van der Waals surface area contributed by atoms with E-state index in [1.165, 1.54) is 43.3 Å². The maximum atomic E-state index is 13.8. The highest BCUT2D eigenvalue weighted by Gasteiger charge is 2.33.